The van der Waals surface area contributed by atoms with Crippen LogP contribution >= 0.6 is 11.6 Å². The predicted octanol–water partition coefficient (Wildman–Crippen LogP) is 2.46. The fourth-order valence-corrected chi connectivity index (χ4v) is 2.90. The number of aromatic nitrogens is 5. The van der Waals surface area contributed by atoms with Crippen molar-refractivity contribution < 1.29 is 17.9 Å². The standard InChI is InChI=1S/C18H12ClF3N6O4/c1-7(2)9-5-13(25-26-15(9)29)32-14-10(18(20,21)22)3-8(4-11(14)19)28-17(31)24-16(30)12(6-23)27-28/h3-5,7H,1-2H3,(H,26,29)(H,24,30,31). The third kappa shape index (κ3) is 4.40. The second-order valence-corrected chi connectivity index (χ2v) is 7.09. The fourth-order valence-electron chi connectivity index (χ4n) is 2.65. The van der Waals surface area contributed by atoms with Crippen LogP contribution in [0.2, 0.25) is 5.02 Å². The van der Waals surface area contributed by atoms with Gasteiger partial charge in [-0.3, -0.25) is 14.6 Å². The van der Waals surface area contributed by atoms with Crippen LogP contribution in [-0.2, 0) is 6.18 Å². The molecule has 0 fully saturated rings. The summed E-state index contributed by atoms with van der Waals surface area (Å²) in [5.41, 5.74) is -5.20. The molecule has 166 valence electrons. The van der Waals surface area contributed by atoms with Gasteiger partial charge < -0.3 is 4.74 Å². The van der Waals surface area contributed by atoms with Gasteiger partial charge in [-0.25, -0.2) is 9.89 Å². The summed E-state index contributed by atoms with van der Waals surface area (Å²) in [6.45, 7) is 3.39. The normalized spacial score (nSPS) is 11.4. The van der Waals surface area contributed by atoms with Crippen LogP contribution in [0.4, 0.5) is 13.2 Å². The van der Waals surface area contributed by atoms with Crippen molar-refractivity contribution in [2.75, 3.05) is 0 Å². The van der Waals surface area contributed by atoms with E-state index in [9.17, 15) is 27.6 Å². The van der Waals surface area contributed by atoms with Crippen molar-refractivity contribution in [3.63, 3.8) is 0 Å². The Labute approximate surface area is 180 Å². The molecule has 0 saturated heterocycles. The molecule has 0 aliphatic rings. The average Bonchev–Trinajstić information content (AvgIpc) is 2.69. The zero-order valence-corrected chi connectivity index (χ0v) is 17.0. The number of alkyl halides is 3. The summed E-state index contributed by atoms with van der Waals surface area (Å²) < 4.78 is 47.0. The van der Waals surface area contributed by atoms with Gasteiger partial charge in [0.15, 0.2) is 5.75 Å². The summed E-state index contributed by atoms with van der Waals surface area (Å²) in [5, 5.41) is 17.5. The molecule has 0 saturated carbocycles. The van der Waals surface area contributed by atoms with E-state index in [0.29, 0.717) is 10.7 Å². The van der Waals surface area contributed by atoms with Crippen LogP contribution in [0.25, 0.3) is 5.69 Å². The lowest BCUT2D eigenvalue weighted by Crippen LogP contribution is -2.33. The summed E-state index contributed by atoms with van der Waals surface area (Å²) in [7, 11) is 0. The Hall–Kier alpha value is -3.92. The monoisotopic (exact) mass is 468 g/mol. The number of aromatic amines is 2. The third-order valence-corrected chi connectivity index (χ3v) is 4.43. The SMILES string of the molecule is CC(C)c1cc(Oc2c(Cl)cc(-n3nc(C#N)c(=O)[nH]c3=O)cc2C(F)(F)F)n[nH]c1=O. The molecule has 3 rings (SSSR count). The molecule has 0 radical (unpaired) electrons. The first-order valence-corrected chi connectivity index (χ1v) is 9.12. The molecular formula is C18H12ClF3N6O4. The molecule has 2 aromatic heterocycles. The van der Waals surface area contributed by atoms with Crippen molar-refractivity contribution in [1.82, 2.24) is 25.0 Å². The fraction of sp³-hybridized carbons (Fsp3) is 0.222. The second-order valence-electron chi connectivity index (χ2n) is 6.68. The summed E-state index contributed by atoms with van der Waals surface area (Å²) in [6, 6.07) is 4.03. The maximum atomic E-state index is 13.8. The molecule has 32 heavy (non-hydrogen) atoms. The van der Waals surface area contributed by atoms with Crippen molar-refractivity contribution in [3.8, 4) is 23.4 Å². The second kappa shape index (κ2) is 8.31. The van der Waals surface area contributed by atoms with E-state index in [1.54, 1.807) is 18.8 Å². The summed E-state index contributed by atoms with van der Waals surface area (Å²) in [5.74, 6) is -1.45. The van der Waals surface area contributed by atoms with E-state index in [4.69, 9.17) is 21.6 Å². The van der Waals surface area contributed by atoms with Crippen LogP contribution in [0.1, 0.15) is 36.6 Å². The highest BCUT2D eigenvalue weighted by Crippen LogP contribution is 2.43. The van der Waals surface area contributed by atoms with Gasteiger partial charge in [-0.2, -0.15) is 23.1 Å². The van der Waals surface area contributed by atoms with Crippen molar-refractivity contribution in [3.05, 3.63) is 71.2 Å². The number of benzene rings is 1. The van der Waals surface area contributed by atoms with Crippen molar-refractivity contribution in [1.29, 1.82) is 5.26 Å². The number of nitriles is 1. The molecule has 2 N–H and O–H groups in total. The highest BCUT2D eigenvalue weighted by molar-refractivity contribution is 6.32. The van der Waals surface area contributed by atoms with Gasteiger partial charge in [-0.1, -0.05) is 25.4 Å². The lowest BCUT2D eigenvalue weighted by molar-refractivity contribution is -0.138. The van der Waals surface area contributed by atoms with Gasteiger partial charge in [0.05, 0.1) is 10.7 Å². The van der Waals surface area contributed by atoms with Gasteiger partial charge in [0.1, 0.15) is 11.6 Å². The van der Waals surface area contributed by atoms with Gasteiger partial charge >= 0.3 is 11.9 Å². The zero-order valence-electron chi connectivity index (χ0n) is 16.2. The number of ether oxygens (including phenoxy) is 1. The zero-order chi connectivity index (χ0) is 23.8. The molecule has 10 nitrogen and oxygen atoms in total. The Bertz CT molecular complexity index is 1420. The summed E-state index contributed by atoms with van der Waals surface area (Å²) in [4.78, 5) is 37.1. The number of H-pyrrole nitrogens is 2. The number of hydrogen-bond acceptors (Lipinski definition) is 7. The molecule has 0 aliphatic heterocycles. The number of rotatable bonds is 4. The van der Waals surface area contributed by atoms with E-state index in [-0.39, 0.29) is 17.4 Å². The molecule has 14 heteroatoms. The van der Waals surface area contributed by atoms with Gasteiger partial charge in [-0.05, 0) is 18.1 Å². The van der Waals surface area contributed by atoms with Crippen LogP contribution in [0.5, 0.6) is 11.6 Å². The molecule has 0 unspecified atom stereocenters. The van der Waals surface area contributed by atoms with Gasteiger partial charge in [-0.15, -0.1) is 10.2 Å². The first-order valence-electron chi connectivity index (χ1n) is 8.74. The molecule has 1 aromatic carbocycles. The van der Waals surface area contributed by atoms with Crippen LogP contribution in [0, 0.1) is 11.3 Å². The smallest absolute Gasteiger partial charge is 0.420 e. The Morgan fingerprint density at radius 2 is 1.88 bits per heavy atom. The van der Waals surface area contributed by atoms with E-state index in [2.05, 4.69) is 15.3 Å². The van der Waals surface area contributed by atoms with Crippen molar-refractivity contribution in [2.45, 2.75) is 25.9 Å². The van der Waals surface area contributed by atoms with E-state index < -0.39 is 50.7 Å². The number of hydrogen-bond donors (Lipinski definition) is 2. The Balaban J connectivity index is 2.20. The van der Waals surface area contributed by atoms with E-state index in [1.165, 1.54) is 12.1 Å². The molecule has 2 heterocycles. The average molecular weight is 469 g/mol. The molecule has 0 aliphatic carbocycles. The predicted molar refractivity (Wildman–Crippen MR) is 104 cm³/mol. The van der Waals surface area contributed by atoms with Crippen LogP contribution in [0.3, 0.4) is 0 Å². The van der Waals surface area contributed by atoms with Gasteiger partial charge in [0.25, 0.3) is 11.1 Å². The first-order chi connectivity index (χ1) is 14.9. The molecular weight excluding hydrogens is 457 g/mol. The van der Waals surface area contributed by atoms with Crippen molar-refractivity contribution in [2.24, 2.45) is 0 Å². The number of halogens is 4. The quantitative estimate of drug-likeness (QED) is 0.597. The van der Waals surface area contributed by atoms with E-state index in [0.717, 1.165) is 6.07 Å². The number of nitrogens with zero attached hydrogens (tertiary/aromatic N) is 4. The lowest BCUT2D eigenvalue weighted by atomic mass is 10.1. The highest BCUT2D eigenvalue weighted by Gasteiger charge is 2.37. The van der Waals surface area contributed by atoms with Crippen LogP contribution < -0.4 is 21.5 Å². The molecule has 0 amide bonds. The topological polar surface area (TPSA) is 147 Å². The first kappa shape index (κ1) is 22.8. The maximum absolute atomic E-state index is 13.8. The number of nitrogens with one attached hydrogen (secondary N) is 2. The Morgan fingerprint density at radius 3 is 2.47 bits per heavy atom. The molecule has 0 spiro atoms. The van der Waals surface area contributed by atoms with Crippen LogP contribution in [0.15, 0.2) is 32.6 Å². The largest absolute Gasteiger partial charge is 0.435 e. The van der Waals surface area contributed by atoms with E-state index in [1.807, 2.05) is 0 Å². The third-order valence-electron chi connectivity index (χ3n) is 4.15. The minimum absolute atomic E-state index is 0.226. The highest BCUT2D eigenvalue weighted by atomic mass is 35.5. The lowest BCUT2D eigenvalue weighted by Gasteiger charge is -2.17. The molecule has 3 aromatic rings. The van der Waals surface area contributed by atoms with Gasteiger partial charge in [0, 0.05) is 11.6 Å². The molecule has 0 bridgehead atoms. The minimum atomic E-state index is -5.00. The van der Waals surface area contributed by atoms with Gasteiger partial charge in [0.2, 0.25) is 11.6 Å². The maximum Gasteiger partial charge on any atom is 0.420 e. The van der Waals surface area contributed by atoms with Crippen molar-refractivity contribution >= 4 is 11.6 Å². The van der Waals surface area contributed by atoms with E-state index >= 15 is 0 Å². The minimum Gasteiger partial charge on any atom is -0.435 e. The van der Waals surface area contributed by atoms with Crippen LogP contribution in [-0.4, -0.2) is 25.0 Å². The summed E-state index contributed by atoms with van der Waals surface area (Å²) >= 11 is 6.03. The Morgan fingerprint density at radius 1 is 1.19 bits per heavy atom. The summed E-state index contributed by atoms with van der Waals surface area (Å²) in [6.07, 6.45) is -5.00. The molecule has 0 atom stereocenters. The Kier molecular flexibility index (Phi) is 5.91.